The van der Waals surface area contributed by atoms with Crippen molar-refractivity contribution in [2.24, 2.45) is 0 Å². The number of aryl methyl sites for hydroxylation is 1. The number of hydrogen-bond donors (Lipinski definition) is 1. The number of ether oxygens (including phenoxy) is 3. The van der Waals surface area contributed by atoms with Gasteiger partial charge in [-0.3, -0.25) is 18.9 Å². The second kappa shape index (κ2) is 21.6. The van der Waals surface area contributed by atoms with Gasteiger partial charge in [0, 0.05) is 31.0 Å². The first-order chi connectivity index (χ1) is 23.6. The molecule has 17 nitrogen and oxygen atoms in total. The maximum atomic E-state index is 14.2. The largest absolute Gasteiger partial charge is 0.400 e. The van der Waals surface area contributed by atoms with Gasteiger partial charge in [-0.05, 0) is 62.3 Å². The number of nitriles is 1. The van der Waals surface area contributed by atoms with Crippen LogP contribution >= 0.6 is 33.1 Å². The second-order valence-electron chi connectivity index (χ2n) is 11.5. The van der Waals surface area contributed by atoms with Crippen molar-refractivity contribution in [1.29, 1.82) is 5.26 Å². The summed E-state index contributed by atoms with van der Waals surface area (Å²) < 4.78 is 84.2. The van der Waals surface area contributed by atoms with Crippen LogP contribution in [0.25, 0.3) is 0 Å². The lowest BCUT2D eigenvalue weighted by molar-refractivity contribution is -0.0877. The van der Waals surface area contributed by atoms with E-state index in [2.05, 4.69) is 11.1 Å². The van der Waals surface area contributed by atoms with Crippen LogP contribution in [-0.4, -0.2) is 97.5 Å². The molecule has 2 rings (SSSR count). The Morgan fingerprint density at radius 2 is 1.60 bits per heavy atom. The fraction of sp³-hybridized carbons (Fsp3) is 0.828. The summed E-state index contributed by atoms with van der Waals surface area (Å²) in [6.45, 7) is 7.85. The Kier molecular flexibility index (Phi) is 19.6. The second-order valence-corrected chi connectivity index (χ2v) is 20.4. The Bertz CT molecular complexity index is 1420. The van der Waals surface area contributed by atoms with Gasteiger partial charge in [0.25, 0.3) is 14.1 Å². The van der Waals surface area contributed by atoms with Crippen LogP contribution in [0, 0.1) is 18.3 Å². The SMILES string of the molecule is CCOP(=O)(OCC)SP(=O)(OCC)O[C@H](C)C1O[C@@H](n2cc(C)c(=O)[nH]c2=O)[C@H](OCCOC)[C@@H]1OP(OCCC#N)N(C(C)C)C(C)C. The van der Waals surface area contributed by atoms with E-state index in [4.69, 9.17) is 41.4 Å². The lowest BCUT2D eigenvalue weighted by Gasteiger charge is -2.38. The minimum atomic E-state index is -4.28. The van der Waals surface area contributed by atoms with Crippen LogP contribution in [0.1, 0.15) is 73.6 Å². The van der Waals surface area contributed by atoms with Crippen molar-refractivity contribution in [2.75, 3.05) is 46.8 Å². The van der Waals surface area contributed by atoms with Crippen molar-refractivity contribution in [3.8, 4) is 6.07 Å². The molecule has 0 amide bonds. The maximum absolute atomic E-state index is 14.2. The third kappa shape index (κ3) is 12.8. The van der Waals surface area contributed by atoms with Crippen LogP contribution in [0.5, 0.6) is 0 Å². The van der Waals surface area contributed by atoms with Gasteiger partial charge in [-0.25, -0.2) is 18.6 Å². The molecule has 1 aromatic rings. The minimum Gasteiger partial charge on any atom is -0.382 e. The number of H-pyrrole nitrogens is 1. The summed E-state index contributed by atoms with van der Waals surface area (Å²) in [5.41, 5.74) is -1.09. The summed E-state index contributed by atoms with van der Waals surface area (Å²) >= 11 is 0.341. The van der Waals surface area contributed by atoms with Gasteiger partial charge in [0.2, 0.25) is 0 Å². The van der Waals surface area contributed by atoms with Gasteiger partial charge in [-0.2, -0.15) is 5.26 Å². The van der Waals surface area contributed by atoms with Gasteiger partial charge in [0.1, 0.15) is 18.3 Å². The molecule has 0 spiro atoms. The topological polar surface area (TPSA) is 199 Å². The molecule has 1 aliphatic rings. The van der Waals surface area contributed by atoms with Crippen LogP contribution in [0.15, 0.2) is 15.8 Å². The molecule has 2 heterocycles. The number of methoxy groups -OCH3 is 1. The maximum Gasteiger partial charge on any atom is 0.400 e. The summed E-state index contributed by atoms with van der Waals surface area (Å²) in [6, 6.07) is 1.95. The molecular formula is C29H53N4O13P3S. The highest BCUT2D eigenvalue weighted by Crippen LogP contribution is 2.79. The number of hydrogen-bond acceptors (Lipinski definition) is 16. The number of aromatic amines is 1. The highest BCUT2D eigenvalue weighted by molar-refractivity contribution is 8.84. The molecule has 50 heavy (non-hydrogen) atoms. The molecule has 1 aromatic heterocycles. The van der Waals surface area contributed by atoms with Gasteiger partial charge in [-0.1, -0.05) is 0 Å². The molecule has 0 saturated carbocycles. The van der Waals surface area contributed by atoms with Crippen LogP contribution in [-0.2, 0) is 50.5 Å². The van der Waals surface area contributed by atoms with Gasteiger partial charge in [0.15, 0.2) is 6.23 Å². The molecule has 0 aliphatic carbocycles. The lowest BCUT2D eigenvalue weighted by atomic mass is 10.1. The molecule has 0 radical (unpaired) electrons. The van der Waals surface area contributed by atoms with E-state index in [0.29, 0.717) is 11.0 Å². The summed E-state index contributed by atoms with van der Waals surface area (Å²) in [4.78, 5) is 27.8. The van der Waals surface area contributed by atoms with Gasteiger partial charge >= 0.3 is 19.3 Å². The number of aromatic nitrogens is 2. The molecule has 21 heteroatoms. The van der Waals surface area contributed by atoms with Gasteiger partial charge in [-0.15, -0.1) is 0 Å². The third-order valence-corrected chi connectivity index (χ3v) is 17.8. The third-order valence-electron chi connectivity index (χ3n) is 6.94. The zero-order valence-corrected chi connectivity index (χ0v) is 34.0. The molecular weight excluding hydrogens is 737 g/mol. The molecule has 1 aliphatic heterocycles. The first-order valence-electron chi connectivity index (χ1n) is 16.5. The van der Waals surface area contributed by atoms with Gasteiger partial charge < -0.3 is 36.8 Å². The van der Waals surface area contributed by atoms with Crippen LogP contribution in [0.4, 0.5) is 0 Å². The Balaban J connectivity index is 2.73. The van der Waals surface area contributed by atoms with Crippen molar-refractivity contribution in [3.63, 3.8) is 0 Å². The normalized spacial score (nSPS) is 22.2. The summed E-state index contributed by atoms with van der Waals surface area (Å²) in [5, 5.41) is 9.24. The Hall–Kier alpha value is -0.990. The van der Waals surface area contributed by atoms with E-state index in [1.54, 1.807) is 27.7 Å². The fourth-order valence-corrected chi connectivity index (χ4v) is 15.3. The molecule has 0 bridgehead atoms. The van der Waals surface area contributed by atoms with E-state index >= 15 is 0 Å². The Labute approximate surface area is 299 Å². The number of rotatable bonds is 24. The van der Waals surface area contributed by atoms with E-state index in [9.17, 15) is 24.0 Å². The molecule has 0 aromatic carbocycles. The number of nitrogens with one attached hydrogen (secondary N) is 1. The molecule has 1 N–H and O–H groups in total. The molecule has 7 atom stereocenters. The summed E-state index contributed by atoms with van der Waals surface area (Å²) in [5.74, 6) is 0. The zero-order valence-electron chi connectivity index (χ0n) is 30.5. The molecule has 3 unspecified atom stereocenters. The van der Waals surface area contributed by atoms with Crippen LogP contribution in [0.2, 0.25) is 0 Å². The standard InChI is InChI=1S/C29H53N4O13P3S/c1-11-41-48(36,42-12-2)50-49(37,43-13-3)46-23(9)24-25(45-47(40-16-14-15-30)33(20(4)5)21(6)7)26(39-18-17-38-10)28(44-24)32-19-22(8)27(34)31-29(32)35/h19-21,23-26,28H,11-14,16-18H2,1-10H3,(H,31,34,35)/t23-,24?,25-,26-,28-,47?,49?/m1/s1. The summed E-state index contributed by atoms with van der Waals surface area (Å²) in [7, 11) is -0.395. The van der Waals surface area contributed by atoms with Crippen molar-refractivity contribution >= 4 is 33.1 Å². The highest BCUT2D eigenvalue weighted by atomic mass is 33.1. The Morgan fingerprint density at radius 3 is 2.14 bits per heavy atom. The average molecular weight is 791 g/mol. The number of nitrogens with zero attached hydrogens (tertiary/aromatic N) is 3. The van der Waals surface area contributed by atoms with Crippen LogP contribution < -0.4 is 11.2 Å². The lowest BCUT2D eigenvalue weighted by Crippen LogP contribution is -2.44. The molecule has 288 valence electrons. The van der Waals surface area contributed by atoms with Crippen molar-refractivity contribution in [3.05, 3.63) is 32.6 Å². The predicted octanol–water partition coefficient (Wildman–Crippen LogP) is 5.90. The monoisotopic (exact) mass is 790 g/mol. The molecule has 1 fully saturated rings. The molecule has 1 saturated heterocycles. The van der Waals surface area contributed by atoms with Crippen molar-refractivity contribution < 1.29 is 50.5 Å². The van der Waals surface area contributed by atoms with E-state index in [1.165, 1.54) is 24.8 Å². The van der Waals surface area contributed by atoms with Crippen molar-refractivity contribution in [2.45, 2.75) is 111 Å². The Morgan fingerprint density at radius 1 is 1.00 bits per heavy atom. The van der Waals surface area contributed by atoms with Crippen LogP contribution in [0.3, 0.4) is 0 Å². The highest BCUT2D eigenvalue weighted by Gasteiger charge is 2.54. The first-order valence-corrected chi connectivity index (χ1v) is 22.7. The van der Waals surface area contributed by atoms with E-state index in [1.807, 2.05) is 32.4 Å². The smallest absolute Gasteiger partial charge is 0.382 e. The quantitative estimate of drug-likeness (QED) is 0.0958. The average Bonchev–Trinajstić information content (AvgIpc) is 3.36. The zero-order chi connectivity index (χ0) is 37.6. The first kappa shape index (κ1) is 45.2. The van der Waals surface area contributed by atoms with E-state index in [0.717, 1.165) is 0 Å². The summed E-state index contributed by atoms with van der Waals surface area (Å²) in [6.07, 6.45) is -4.07. The fourth-order valence-electron chi connectivity index (χ4n) is 5.02. The van der Waals surface area contributed by atoms with E-state index < -0.39 is 64.0 Å². The van der Waals surface area contributed by atoms with Crippen molar-refractivity contribution in [1.82, 2.24) is 14.2 Å². The van der Waals surface area contributed by atoms with E-state index in [-0.39, 0.29) is 63.7 Å². The minimum absolute atomic E-state index is 0.0146. The van der Waals surface area contributed by atoms with Gasteiger partial charge in [0.05, 0.1) is 69.2 Å². The predicted molar refractivity (Wildman–Crippen MR) is 190 cm³/mol.